The maximum atomic E-state index is 13.2. The van der Waals surface area contributed by atoms with Crippen molar-refractivity contribution in [3.05, 3.63) is 82.8 Å². The lowest BCUT2D eigenvalue weighted by Gasteiger charge is -2.08. The SMILES string of the molecule is COc1cccc(CCNC(=O)CCn2cnc3c(cnn3-c3ccc(F)cc3)c2=O)c1. The fourth-order valence-corrected chi connectivity index (χ4v) is 3.36. The fraction of sp³-hybridized carbons (Fsp3) is 0.217. The second-order valence-electron chi connectivity index (χ2n) is 7.21. The van der Waals surface area contributed by atoms with Crippen LogP contribution in [0.5, 0.6) is 5.75 Å². The van der Waals surface area contributed by atoms with Crippen molar-refractivity contribution in [2.24, 2.45) is 0 Å². The minimum absolute atomic E-state index is 0.150. The van der Waals surface area contributed by atoms with Gasteiger partial charge in [-0.3, -0.25) is 14.2 Å². The van der Waals surface area contributed by atoms with E-state index >= 15 is 0 Å². The van der Waals surface area contributed by atoms with E-state index in [4.69, 9.17) is 4.74 Å². The first-order valence-electron chi connectivity index (χ1n) is 10.1. The zero-order chi connectivity index (χ0) is 22.5. The molecule has 32 heavy (non-hydrogen) atoms. The topological polar surface area (TPSA) is 91.0 Å². The molecule has 9 heteroatoms. The molecule has 1 N–H and O–H groups in total. The van der Waals surface area contributed by atoms with Crippen LogP contribution in [0.4, 0.5) is 4.39 Å². The number of nitrogens with zero attached hydrogens (tertiary/aromatic N) is 4. The van der Waals surface area contributed by atoms with Gasteiger partial charge in [-0.25, -0.2) is 14.1 Å². The van der Waals surface area contributed by atoms with E-state index in [1.807, 2.05) is 24.3 Å². The average Bonchev–Trinajstić information content (AvgIpc) is 3.24. The zero-order valence-corrected chi connectivity index (χ0v) is 17.5. The number of nitrogens with one attached hydrogen (secondary N) is 1. The molecule has 0 aliphatic carbocycles. The number of aromatic nitrogens is 4. The molecule has 0 bridgehead atoms. The van der Waals surface area contributed by atoms with Gasteiger partial charge in [0.05, 0.1) is 25.3 Å². The van der Waals surface area contributed by atoms with E-state index in [0.29, 0.717) is 29.7 Å². The van der Waals surface area contributed by atoms with E-state index in [2.05, 4.69) is 15.4 Å². The molecule has 4 rings (SSSR count). The van der Waals surface area contributed by atoms with Crippen molar-refractivity contribution in [3.8, 4) is 11.4 Å². The Morgan fingerprint density at radius 2 is 2.00 bits per heavy atom. The maximum absolute atomic E-state index is 13.2. The molecule has 2 aromatic heterocycles. The highest BCUT2D eigenvalue weighted by atomic mass is 19.1. The summed E-state index contributed by atoms with van der Waals surface area (Å²) in [5, 5.41) is 7.40. The van der Waals surface area contributed by atoms with Crippen molar-refractivity contribution in [2.45, 2.75) is 19.4 Å². The lowest BCUT2D eigenvalue weighted by atomic mass is 10.1. The molecule has 0 fully saturated rings. The summed E-state index contributed by atoms with van der Waals surface area (Å²) >= 11 is 0. The molecule has 0 aliphatic heterocycles. The van der Waals surface area contributed by atoms with Gasteiger partial charge in [0.2, 0.25) is 5.91 Å². The van der Waals surface area contributed by atoms with Crippen molar-refractivity contribution in [1.29, 1.82) is 0 Å². The molecule has 0 atom stereocenters. The number of methoxy groups -OCH3 is 1. The number of ether oxygens (including phenoxy) is 1. The Morgan fingerprint density at radius 1 is 1.19 bits per heavy atom. The van der Waals surface area contributed by atoms with E-state index in [9.17, 15) is 14.0 Å². The van der Waals surface area contributed by atoms with E-state index < -0.39 is 0 Å². The third kappa shape index (κ3) is 4.66. The maximum Gasteiger partial charge on any atom is 0.264 e. The van der Waals surface area contributed by atoms with Gasteiger partial charge in [-0.2, -0.15) is 5.10 Å². The molecule has 8 nitrogen and oxygen atoms in total. The Balaban J connectivity index is 1.37. The highest BCUT2D eigenvalue weighted by molar-refractivity contribution is 5.76. The molecule has 0 saturated heterocycles. The second kappa shape index (κ2) is 9.42. The Morgan fingerprint density at radius 3 is 2.78 bits per heavy atom. The number of carbonyl (C=O) groups is 1. The van der Waals surface area contributed by atoms with E-state index in [1.54, 1.807) is 19.2 Å². The van der Waals surface area contributed by atoms with Crippen LogP contribution in [-0.2, 0) is 17.8 Å². The van der Waals surface area contributed by atoms with Crippen LogP contribution in [0.15, 0.2) is 65.8 Å². The molecule has 2 heterocycles. The number of benzene rings is 2. The first-order chi connectivity index (χ1) is 15.5. The number of hydrogen-bond acceptors (Lipinski definition) is 5. The summed E-state index contributed by atoms with van der Waals surface area (Å²) in [5.74, 6) is 0.267. The Bertz CT molecular complexity index is 1300. The molecule has 0 unspecified atom stereocenters. The molecule has 2 aromatic carbocycles. The second-order valence-corrected chi connectivity index (χ2v) is 7.21. The number of fused-ring (bicyclic) bond motifs is 1. The fourth-order valence-electron chi connectivity index (χ4n) is 3.36. The largest absolute Gasteiger partial charge is 0.497 e. The molecule has 0 spiro atoms. The van der Waals surface area contributed by atoms with Gasteiger partial charge >= 0.3 is 0 Å². The molecule has 0 radical (unpaired) electrons. The van der Waals surface area contributed by atoms with Crippen molar-refractivity contribution in [3.63, 3.8) is 0 Å². The number of rotatable bonds is 8. The first-order valence-corrected chi connectivity index (χ1v) is 10.1. The van der Waals surface area contributed by atoms with Gasteiger partial charge in [-0.1, -0.05) is 12.1 Å². The predicted molar refractivity (Wildman–Crippen MR) is 117 cm³/mol. The molecule has 0 saturated carbocycles. The normalized spacial score (nSPS) is 10.9. The molecule has 164 valence electrons. The van der Waals surface area contributed by atoms with E-state index in [0.717, 1.165) is 11.3 Å². The zero-order valence-electron chi connectivity index (χ0n) is 17.5. The van der Waals surface area contributed by atoms with Crippen LogP contribution < -0.4 is 15.6 Å². The van der Waals surface area contributed by atoms with Gasteiger partial charge in [-0.15, -0.1) is 0 Å². The highest BCUT2D eigenvalue weighted by Crippen LogP contribution is 2.14. The third-order valence-corrected chi connectivity index (χ3v) is 5.08. The summed E-state index contributed by atoms with van der Waals surface area (Å²) in [6, 6.07) is 13.4. The van der Waals surface area contributed by atoms with Crippen molar-refractivity contribution < 1.29 is 13.9 Å². The van der Waals surface area contributed by atoms with Gasteiger partial charge in [0.1, 0.15) is 17.0 Å². The van der Waals surface area contributed by atoms with Gasteiger partial charge in [0.25, 0.3) is 5.56 Å². The van der Waals surface area contributed by atoms with Gasteiger partial charge in [-0.05, 0) is 48.4 Å². The first kappa shape index (κ1) is 21.2. The quantitative estimate of drug-likeness (QED) is 0.459. The molecular weight excluding hydrogens is 413 g/mol. The van der Waals surface area contributed by atoms with Gasteiger partial charge < -0.3 is 10.1 Å². The average molecular weight is 435 g/mol. The lowest BCUT2D eigenvalue weighted by Crippen LogP contribution is -2.29. The number of amides is 1. The van der Waals surface area contributed by atoms with Crippen molar-refractivity contribution in [2.75, 3.05) is 13.7 Å². The Kier molecular flexibility index (Phi) is 6.25. The van der Waals surface area contributed by atoms with E-state index in [-0.39, 0.29) is 30.2 Å². The smallest absolute Gasteiger partial charge is 0.264 e. The highest BCUT2D eigenvalue weighted by Gasteiger charge is 2.12. The summed E-state index contributed by atoms with van der Waals surface area (Å²) in [6.07, 6.45) is 3.66. The third-order valence-electron chi connectivity index (χ3n) is 5.08. The number of hydrogen-bond donors (Lipinski definition) is 1. The van der Waals surface area contributed by atoms with Crippen molar-refractivity contribution in [1.82, 2.24) is 24.6 Å². The summed E-state index contributed by atoms with van der Waals surface area (Å²) in [4.78, 5) is 29.3. The molecule has 4 aromatic rings. The van der Waals surface area contributed by atoms with Gasteiger partial charge in [0, 0.05) is 19.5 Å². The lowest BCUT2D eigenvalue weighted by molar-refractivity contribution is -0.121. The Labute approximate surface area is 183 Å². The number of carbonyl (C=O) groups excluding carboxylic acids is 1. The van der Waals surface area contributed by atoms with Crippen LogP contribution in [0.1, 0.15) is 12.0 Å². The van der Waals surface area contributed by atoms with Crippen LogP contribution in [0.25, 0.3) is 16.7 Å². The minimum atomic E-state index is -0.359. The Hall–Kier alpha value is -4.01. The van der Waals surface area contributed by atoms with Gasteiger partial charge in [0.15, 0.2) is 5.65 Å². The summed E-state index contributed by atoms with van der Waals surface area (Å²) in [6.45, 7) is 0.692. The summed E-state index contributed by atoms with van der Waals surface area (Å²) in [7, 11) is 1.61. The van der Waals surface area contributed by atoms with Crippen molar-refractivity contribution >= 4 is 16.9 Å². The monoisotopic (exact) mass is 435 g/mol. The van der Waals surface area contributed by atoms with Crippen LogP contribution in [0.2, 0.25) is 0 Å². The standard InChI is InChI=1S/C23H22FN5O3/c1-32-19-4-2-3-16(13-19)9-11-25-21(30)10-12-28-15-26-22-20(23(28)31)14-27-29(22)18-7-5-17(24)6-8-18/h2-8,13-15H,9-12H2,1H3,(H,25,30). The van der Waals surface area contributed by atoms with Crippen LogP contribution in [-0.4, -0.2) is 38.9 Å². The number of aryl methyl sites for hydroxylation is 1. The number of halogens is 1. The van der Waals surface area contributed by atoms with Crippen LogP contribution in [0, 0.1) is 5.82 Å². The predicted octanol–water partition coefficient (Wildman–Crippen LogP) is 2.48. The molecule has 0 aliphatic rings. The summed E-state index contributed by atoms with van der Waals surface area (Å²) < 4.78 is 21.2. The molecule has 1 amide bonds. The minimum Gasteiger partial charge on any atom is -0.497 e. The van der Waals surface area contributed by atoms with Crippen LogP contribution in [0.3, 0.4) is 0 Å². The summed E-state index contributed by atoms with van der Waals surface area (Å²) in [5.41, 5.74) is 1.75. The van der Waals surface area contributed by atoms with E-state index in [1.165, 1.54) is 33.9 Å². The van der Waals surface area contributed by atoms with Crippen LogP contribution >= 0.6 is 0 Å². The molecular formula is C23H22FN5O3.